The molecule has 1 N–H and O–H groups in total. The Bertz CT molecular complexity index is 3120. The standard InChI is InChI=1S/C64H65BN2O/c1-62(2,3)46-30-26-43(27-31-46)44-28-33-48(34-29-44)66-54-35-32-47(63(4,5)6)40-53(54)65-41-58(50-21-12-14-25-59(50)68)67(57-39-45(38-56(66)61(57)65)42-18-9-7-10-19-42)55-24-17-23-52-60(55)49-20-11-13-22-51(49)64(52)36-15-8-16-37-64/h11-14,17,20-35,38-42,68H,7-10,15-16,18-19,36-37H2,1-6H3. The van der Waals surface area contributed by atoms with Gasteiger partial charge in [-0.05, 0) is 146 Å². The first-order valence-corrected chi connectivity index (χ1v) is 25.8. The molecule has 3 aliphatic carbocycles. The number of anilines is 5. The lowest BCUT2D eigenvalue weighted by molar-refractivity contribution is 0.353. The third-order valence-electron chi connectivity index (χ3n) is 16.7. The van der Waals surface area contributed by atoms with E-state index in [1.807, 2.05) is 12.1 Å². The van der Waals surface area contributed by atoms with Crippen LogP contribution in [-0.2, 0) is 16.2 Å². The van der Waals surface area contributed by atoms with Crippen molar-refractivity contribution in [1.29, 1.82) is 0 Å². The van der Waals surface area contributed by atoms with Gasteiger partial charge in [0.2, 0.25) is 6.71 Å². The molecule has 0 radical (unpaired) electrons. The summed E-state index contributed by atoms with van der Waals surface area (Å²) in [4.78, 5) is 5.18. The molecule has 0 saturated heterocycles. The molecule has 12 rings (SSSR count). The molecule has 7 aromatic carbocycles. The molecule has 4 heteroatoms. The van der Waals surface area contributed by atoms with Crippen molar-refractivity contribution in [2.24, 2.45) is 0 Å². The van der Waals surface area contributed by atoms with Crippen LogP contribution in [0.25, 0.3) is 28.0 Å². The molecule has 0 bridgehead atoms. The number of phenolic OH excluding ortho intramolecular Hbond substituents is 1. The second-order valence-corrected chi connectivity index (χ2v) is 22.8. The van der Waals surface area contributed by atoms with Crippen LogP contribution in [0.1, 0.15) is 145 Å². The van der Waals surface area contributed by atoms with Crippen LogP contribution in [-0.4, -0.2) is 11.8 Å². The molecule has 340 valence electrons. The minimum atomic E-state index is -0.0471. The van der Waals surface area contributed by atoms with E-state index in [0.717, 1.165) is 11.3 Å². The highest BCUT2D eigenvalue weighted by Gasteiger charge is 2.47. The number of hydrogen-bond donors (Lipinski definition) is 1. The maximum Gasteiger partial charge on any atom is 0.244 e. The summed E-state index contributed by atoms with van der Waals surface area (Å²) in [7, 11) is 0. The van der Waals surface area contributed by atoms with Crippen LogP contribution in [0.5, 0.6) is 5.75 Å². The molecule has 7 aromatic rings. The number of hydrogen-bond acceptors (Lipinski definition) is 3. The Morgan fingerprint density at radius 1 is 0.529 bits per heavy atom. The smallest absolute Gasteiger partial charge is 0.244 e. The number of nitrogens with zero attached hydrogens (tertiary/aromatic N) is 2. The Labute approximate surface area is 405 Å². The molecule has 5 aliphatic rings. The first kappa shape index (κ1) is 43.1. The molecule has 2 aliphatic heterocycles. The Hall–Kier alpha value is -6.26. The summed E-state index contributed by atoms with van der Waals surface area (Å²) in [6.45, 7) is 13.8. The van der Waals surface area contributed by atoms with Crippen LogP contribution >= 0.6 is 0 Å². The third-order valence-corrected chi connectivity index (χ3v) is 16.7. The van der Waals surface area contributed by atoms with Gasteiger partial charge in [-0.3, -0.25) is 0 Å². The van der Waals surface area contributed by atoms with Crippen molar-refractivity contribution in [3.63, 3.8) is 0 Å². The van der Waals surface area contributed by atoms with E-state index in [1.165, 1.54) is 154 Å². The summed E-state index contributed by atoms with van der Waals surface area (Å²) in [6.07, 6.45) is 12.4. The lowest BCUT2D eigenvalue weighted by Gasteiger charge is -2.44. The van der Waals surface area contributed by atoms with E-state index in [4.69, 9.17) is 0 Å². The van der Waals surface area contributed by atoms with Gasteiger partial charge in [0.25, 0.3) is 0 Å². The first-order chi connectivity index (χ1) is 32.9. The lowest BCUT2D eigenvalue weighted by atomic mass is 9.36. The molecule has 68 heavy (non-hydrogen) atoms. The fourth-order valence-electron chi connectivity index (χ4n) is 13.1. The fraction of sp³-hybridized carbons (Fsp3) is 0.312. The number of phenols is 1. The van der Waals surface area contributed by atoms with Crippen molar-refractivity contribution in [2.75, 3.05) is 9.80 Å². The largest absolute Gasteiger partial charge is 0.507 e. The van der Waals surface area contributed by atoms with Crippen molar-refractivity contribution in [3.8, 4) is 28.0 Å². The molecule has 0 amide bonds. The number of fused-ring (bicyclic) bond motifs is 7. The molecular formula is C64H65BN2O. The molecule has 0 unspecified atom stereocenters. The van der Waals surface area contributed by atoms with Crippen molar-refractivity contribution in [2.45, 2.75) is 128 Å². The van der Waals surface area contributed by atoms with E-state index in [1.54, 1.807) is 0 Å². The van der Waals surface area contributed by atoms with Crippen LogP contribution in [0.4, 0.5) is 28.4 Å². The minimum absolute atomic E-state index is 0.0144. The molecule has 2 saturated carbocycles. The van der Waals surface area contributed by atoms with Crippen molar-refractivity contribution < 1.29 is 5.11 Å². The Morgan fingerprint density at radius 3 is 1.82 bits per heavy atom. The van der Waals surface area contributed by atoms with Crippen LogP contribution in [0.15, 0.2) is 152 Å². The van der Waals surface area contributed by atoms with Gasteiger partial charge in [0.15, 0.2) is 0 Å². The normalized spacial score (nSPS) is 17.4. The fourth-order valence-corrected chi connectivity index (χ4v) is 13.1. The van der Waals surface area contributed by atoms with E-state index in [-0.39, 0.29) is 23.0 Å². The molecule has 3 nitrogen and oxygen atoms in total. The van der Waals surface area contributed by atoms with Gasteiger partial charge in [0.1, 0.15) is 5.75 Å². The van der Waals surface area contributed by atoms with E-state index >= 15 is 0 Å². The second-order valence-electron chi connectivity index (χ2n) is 22.8. The summed E-state index contributed by atoms with van der Waals surface area (Å²) >= 11 is 0. The van der Waals surface area contributed by atoms with Gasteiger partial charge in [0.05, 0.1) is 5.69 Å². The van der Waals surface area contributed by atoms with E-state index in [9.17, 15) is 5.11 Å². The highest BCUT2D eigenvalue weighted by molar-refractivity contribution is 6.94. The Kier molecular flexibility index (Phi) is 10.2. The minimum Gasteiger partial charge on any atom is -0.507 e. The average molecular weight is 889 g/mol. The molecule has 0 aromatic heterocycles. The summed E-state index contributed by atoms with van der Waals surface area (Å²) in [5, 5.41) is 12.0. The Balaban J connectivity index is 1.13. The average Bonchev–Trinajstić information content (AvgIpc) is 3.62. The van der Waals surface area contributed by atoms with Gasteiger partial charge in [-0.15, -0.1) is 0 Å². The number of benzene rings is 7. The third kappa shape index (κ3) is 6.91. The maximum absolute atomic E-state index is 12.0. The lowest BCUT2D eigenvalue weighted by Crippen LogP contribution is -2.53. The highest BCUT2D eigenvalue weighted by atomic mass is 16.3. The van der Waals surface area contributed by atoms with Crippen LogP contribution in [0.3, 0.4) is 0 Å². The zero-order valence-corrected chi connectivity index (χ0v) is 41.0. The van der Waals surface area contributed by atoms with E-state index in [0.29, 0.717) is 11.7 Å². The monoisotopic (exact) mass is 889 g/mol. The molecular weight excluding hydrogens is 824 g/mol. The quantitative estimate of drug-likeness (QED) is 0.174. The van der Waals surface area contributed by atoms with Gasteiger partial charge in [-0.2, -0.15) is 0 Å². The zero-order valence-electron chi connectivity index (χ0n) is 41.0. The van der Waals surface area contributed by atoms with Gasteiger partial charge in [0, 0.05) is 45.0 Å². The molecule has 1 spiro atoms. The SMILES string of the molecule is CC(C)(C)c1ccc(-c2ccc(N3c4ccc(C(C)(C)C)cc4B4C=C(c5ccccc5O)N(c5cccc6c5-c5ccccc5C65CCCCC5)c5cc(C6CCCCC6)cc3c54)cc2)cc1. The van der Waals surface area contributed by atoms with Crippen molar-refractivity contribution in [3.05, 3.63) is 185 Å². The summed E-state index contributed by atoms with van der Waals surface area (Å²) in [5.74, 6) is 3.29. The van der Waals surface area contributed by atoms with E-state index in [2.05, 4.69) is 191 Å². The van der Waals surface area contributed by atoms with E-state index < -0.39 is 0 Å². The van der Waals surface area contributed by atoms with Crippen molar-refractivity contribution >= 4 is 51.8 Å². The molecule has 0 atom stereocenters. The van der Waals surface area contributed by atoms with Gasteiger partial charge in [-0.1, -0.05) is 183 Å². The van der Waals surface area contributed by atoms with Gasteiger partial charge in [-0.25, -0.2) is 0 Å². The second kappa shape index (κ2) is 16.2. The summed E-state index contributed by atoms with van der Waals surface area (Å²) in [6, 6.07) is 55.4. The first-order valence-electron chi connectivity index (χ1n) is 25.8. The highest BCUT2D eigenvalue weighted by Crippen LogP contribution is 2.60. The summed E-state index contributed by atoms with van der Waals surface area (Å²) in [5.41, 5.74) is 23.0. The maximum atomic E-state index is 12.0. The van der Waals surface area contributed by atoms with Crippen molar-refractivity contribution in [1.82, 2.24) is 0 Å². The Morgan fingerprint density at radius 2 is 1.13 bits per heavy atom. The zero-order chi connectivity index (χ0) is 46.5. The van der Waals surface area contributed by atoms with Crippen LogP contribution < -0.4 is 20.7 Å². The van der Waals surface area contributed by atoms with Gasteiger partial charge < -0.3 is 14.9 Å². The van der Waals surface area contributed by atoms with Crippen LogP contribution in [0.2, 0.25) is 0 Å². The summed E-state index contributed by atoms with van der Waals surface area (Å²) < 4.78 is 0. The number of aromatic hydroxyl groups is 1. The molecule has 2 fully saturated rings. The number of para-hydroxylation sites is 1. The van der Waals surface area contributed by atoms with Crippen LogP contribution in [0, 0.1) is 0 Å². The number of rotatable bonds is 5. The predicted molar refractivity (Wildman–Crippen MR) is 289 cm³/mol. The van der Waals surface area contributed by atoms with Gasteiger partial charge >= 0.3 is 0 Å². The topological polar surface area (TPSA) is 26.7 Å². The molecule has 2 heterocycles. The predicted octanol–water partition coefficient (Wildman–Crippen LogP) is 16.1.